The third kappa shape index (κ3) is 2.53. The summed E-state index contributed by atoms with van der Waals surface area (Å²) in [7, 11) is 0. The molecule has 1 aromatic heterocycles. The van der Waals surface area contributed by atoms with E-state index in [9.17, 15) is 4.39 Å². The smallest absolute Gasteiger partial charge is 0.144 e. The highest BCUT2D eigenvalue weighted by Gasteiger charge is 2.29. The van der Waals surface area contributed by atoms with Crippen LogP contribution in [-0.4, -0.2) is 9.55 Å². The molecular weight excluding hydrogens is 298 g/mol. The first-order valence-electron chi connectivity index (χ1n) is 6.96. The molecule has 5 heteroatoms. The molecule has 108 valence electrons. The maximum atomic E-state index is 13.6. The number of hydrogen-bond donors (Lipinski definition) is 0. The number of benzene rings is 1. The monoisotopic (exact) mass is 314 g/mol. The predicted molar refractivity (Wildman–Crippen MR) is 80.9 cm³/mol. The summed E-state index contributed by atoms with van der Waals surface area (Å²) in [5.41, 5.74) is 1.49. The van der Waals surface area contributed by atoms with Crippen LogP contribution in [0.1, 0.15) is 37.9 Å². The summed E-state index contributed by atoms with van der Waals surface area (Å²) in [6.07, 6.45) is 2.60. The fraction of sp³-hybridized carbons (Fsp3) is 0.533. The van der Waals surface area contributed by atoms with E-state index in [2.05, 4.69) is 16.5 Å². The Morgan fingerprint density at radius 3 is 2.70 bits per heavy atom. The number of hydrogen-bond acceptors (Lipinski definition) is 1. The molecule has 3 rings (SSSR count). The highest BCUT2D eigenvalue weighted by atomic mass is 35.5. The molecule has 1 heterocycles. The van der Waals surface area contributed by atoms with E-state index >= 15 is 0 Å². The number of aromatic nitrogens is 2. The summed E-state index contributed by atoms with van der Waals surface area (Å²) in [6.45, 7) is 4.99. The minimum atomic E-state index is -0.437. The predicted octanol–water partition coefficient (Wildman–Crippen LogP) is 5.17. The quantitative estimate of drug-likeness (QED) is 0.711. The van der Waals surface area contributed by atoms with Gasteiger partial charge in [-0.05, 0) is 37.7 Å². The summed E-state index contributed by atoms with van der Waals surface area (Å²) in [4.78, 5) is 4.48. The Bertz CT molecular complexity index is 647. The lowest BCUT2D eigenvalue weighted by molar-refractivity contribution is 0.428. The van der Waals surface area contributed by atoms with E-state index in [0.717, 1.165) is 23.8 Å². The SMILES string of the molecule is CC(Cl)c1nc2cc(F)c(Cl)cc2n1CC(C)C1CC1. The van der Waals surface area contributed by atoms with Gasteiger partial charge in [0.2, 0.25) is 0 Å². The highest BCUT2D eigenvalue weighted by Crippen LogP contribution is 2.38. The second kappa shape index (κ2) is 5.19. The summed E-state index contributed by atoms with van der Waals surface area (Å²) in [6, 6.07) is 3.04. The van der Waals surface area contributed by atoms with Crippen LogP contribution in [0.4, 0.5) is 4.39 Å². The van der Waals surface area contributed by atoms with Gasteiger partial charge in [-0.15, -0.1) is 11.6 Å². The van der Waals surface area contributed by atoms with E-state index in [1.54, 1.807) is 6.07 Å². The normalized spacial score (nSPS) is 18.4. The lowest BCUT2D eigenvalue weighted by Crippen LogP contribution is -2.12. The standard InChI is InChI=1S/C15H17Cl2FN2/c1-8(10-3-4-10)7-20-14-5-11(17)12(18)6-13(14)19-15(20)9(2)16/h5-6,8-10H,3-4,7H2,1-2H3. The lowest BCUT2D eigenvalue weighted by atomic mass is 10.1. The molecule has 1 aromatic carbocycles. The zero-order chi connectivity index (χ0) is 14.4. The molecule has 1 fully saturated rings. The van der Waals surface area contributed by atoms with Crippen LogP contribution < -0.4 is 0 Å². The van der Waals surface area contributed by atoms with Gasteiger partial charge in [0.25, 0.3) is 0 Å². The van der Waals surface area contributed by atoms with Crippen molar-refractivity contribution in [1.82, 2.24) is 9.55 Å². The number of halogens is 3. The van der Waals surface area contributed by atoms with Gasteiger partial charge in [0.15, 0.2) is 0 Å². The maximum Gasteiger partial charge on any atom is 0.144 e. The van der Waals surface area contributed by atoms with Gasteiger partial charge in [0, 0.05) is 12.6 Å². The van der Waals surface area contributed by atoms with E-state index in [1.807, 2.05) is 6.92 Å². The zero-order valence-corrected chi connectivity index (χ0v) is 13.0. The molecule has 2 aromatic rings. The Labute approximate surface area is 127 Å². The van der Waals surface area contributed by atoms with Crippen molar-refractivity contribution in [2.24, 2.45) is 11.8 Å². The Morgan fingerprint density at radius 2 is 2.10 bits per heavy atom. The summed E-state index contributed by atoms with van der Waals surface area (Å²) < 4.78 is 15.7. The Kier molecular flexibility index (Phi) is 3.67. The van der Waals surface area contributed by atoms with Crippen molar-refractivity contribution < 1.29 is 4.39 Å². The minimum absolute atomic E-state index is 0.131. The number of imidazole rings is 1. The first kappa shape index (κ1) is 14.2. The number of nitrogens with zero attached hydrogens (tertiary/aromatic N) is 2. The van der Waals surface area contributed by atoms with Crippen LogP contribution in [0.15, 0.2) is 12.1 Å². The van der Waals surface area contributed by atoms with Gasteiger partial charge in [0.05, 0.1) is 21.4 Å². The molecule has 0 aliphatic heterocycles. The molecule has 0 N–H and O–H groups in total. The van der Waals surface area contributed by atoms with E-state index in [4.69, 9.17) is 23.2 Å². The van der Waals surface area contributed by atoms with Crippen LogP contribution in [0.2, 0.25) is 5.02 Å². The van der Waals surface area contributed by atoms with Gasteiger partial charge in [-0.25, -0.2) is 9.37 Å². The summed E-state index contributed by atoms with van der Waals surface area (Å²) in [5, 5.41) is -0.0814. The largest absolute Gasteiger partial charge is 0.326 e. The van der Waals surface area contributed by atoms with E-state index in [0.29, 0.717) is 11.4 Å². The Balaban J connectivity index is 2.09. The van der Waals surface area contributed by atoms with E-state index in [1.165, 1.54) is 18.9 Å². The maximum absolute atomic E-state index is 13.6. The fourth-order valence-corrected chi connectivity index (χ4v) is 3.06. The number of rotatable bonds is 4. The minimum Gasteiger partial charge on any atom is -0.326 e. The highest BCUT2D eigenvalue weighted by molar-refractivity contribution is 6.31. The first-order valence-corrected chi connectivity index (χ1v) is 7.78. The van der Waals surface area contributed by atoms with Gasteiger partial charge in [-0.3, -0.25) is 0 Å². The van der Waals surface area contributed by atoms with Crippen molar-refractivity contribution in [1.29, 1.82) is 0 Å². The van der Waals surface area contributed by atoms with Crippen LogP contribution in [0, 0.1) is 17.7 Å². The number of fused-ring (bicyclic) bond motifs is 1. The van der Waals surface area contributed by atoms with Crippen molar-refractivity contribution in [2.75, 3.05) is 0 Å². The average molecular weight is 315 g/mol. The molecule has 2 atom stereocenters. The van der Waals surface area contributed by atoms with Crippen LogP contribution in [0.25, 0.3) is 11.0 Å². The van der Waals surface area contributed by atoms with Gasteiger partial charge in [-0.1, -0.05) is 18.5 Å². The first-order chi connectivity index (χ1) is 9.47. The number of alkyl halides is 1. The molecule has 0 saturated heterocycles. The van der Waals surface area contributed by atoms with Gasteiger partial charge < -0.3 is 4.57 Å². The van der Waals surface area contributed by atoms with E-state index < -0.39 is 5.82 Å². The third-order valence-electron chi connectivity index (χ3n) is 4.07. The van der Waals surface area contributed by atoms with Crippen molar-refractivity contribution in [3.8, 4) is 0 Å². The molecule has 0 spiro atoms. The van der Waals surface area contributed by atoms with Gasteiger partial charge in [0.1, 0.15) is 11.6 Å². The van der Waals surface area contributed by atoms with Crippen LogP contribution in [0.3, 0.4) is 0 Å². The van der Waals surface area contributed by atoms with Gasteiger partial charge >= 0.3 is 0 Å². The molecule has 0 radical (unpaired) electrons. The van der Waals surface area contributed by atoms with Crippen molar-refractivity contribution in [2.45, 2.75) is 38.6 Å². The van der Waals surface area contributed by atoms with Crippen molar-refractivity contribution >= 4 is 34.2 Å². The average Bonchev–Trinajstić information content (AvgIpc) is 3.17. The van der Waals surface area contributed by atoms with Gasteiger partial charge in [-0.2, -0.15) is 0 Å². The molecule has 1 aliphatic carbocycles. The topological polar surface area (TPSA) is 17.8 Å². The van der Waals surface area contributed by atoms with Crippen LogP contribution in [-0.2, 0) is 6.54 Å². The molecule has 0 amide bonds. The molecule has 0 bridgehead atoms. The second-order valence-electron chi connectivity index (χ2n) is 5.77. The third-order valence-corrected chi connectivity index (χ3v) is 4.56. The molecular formula is C15H17Cl2FN2. The zero-order valence-electron chi connectivity index (χ0n) is 11.5. The molecule has 2 nitrogen and oxygen atoms in total. The Hall–Kier alpha value is -0.800. The fourth-order valence-electron chi connectivity index (χ4n) is 2.74. The summed E-state index contributed by atoms with van der Waals surface area (Å²) >= 11 is 12.1. The van der Waals surface area contributed by atoms with Crippen molar-refractivity contribution in [3.05, 3.63) is 28.8 Å². The molecule has 1 saturated carbocycles. The van der Waals surface area contributed by atoms with Crippen LogP contribution >= 0.6 is 23.2 Å². The summed E-state index contributed by atoms with van der Waals surface area (Å²) in [5.74, 6) is 1.72. The van der Waals surface area contributed by atoms with Crippen LogP contribution in [0.5, 0.6) is 0 Å². The molecule has 1 aliphatic rings. The lowest BCUT2D eigenvalue weighted by Gasteiger charge is -2.15. The van der Waals surface area contributed by atoms with E-state index in [-0.39, 0.29) is 10.4 Å². The molecule has 2 unspecified atom stereocenters. The van der Waals surface area contributed by atoms with Crippen molar-refractivity contribution in [3.63, 3.8) is 0 Å². The Morgan fingerprint density at radius 1 is 1.40 bits per heavy atom. The second-order valence-corrected chi connectivity index (χ2v) is 6.83. The molecule has 20 heavy (non-hydrogen) atoms.